The Labute approximate surface area is 190 Å². The quantitative estimate of drug-likeness (QED) is 0.327. The number of carbonyl (C=O) groups excluding carboxylic acids is 2. The Hall–Kier alpha value is -2.04. The molecule has 8 nitrogen and oxygen atoms in total. The van der Waals surface area contributed by atoms with E-state index in [1.807, 2.05) is 37.3 Å². The number of nitrogens with zero attached hydrogens (tertiary/aromatic N) is 3. The molecule has 9 heteroatoms. The van der Waals surface area contributed by atoms with Crippen LogP contribution in [0.2, 0.25) is 0 Å². The number of nitrogens with one attached hydrogen (secondary N) is 2. The van der Waals surface area contributed by atoms with Gasteiger partial charge in [0, 0.05) is 39.3 Å². The molecule has 0 unspecified atom stereocenters. The van der Waals surface area contributed by atoms with Crippen LogP contribution in [-0.4, -0.2) is 80.2 Å². The minimum absolute atomic E-state index is 0. The predicted octanol–water partition coefficient (Wildman–Crippen LogP) is 1.70. The zero-order valence-corrected chi connectivity index (χ0v) is 19.6. The fraction of sp³-hybridized carbons (Fsp3) is 0.550. The van der Waals surface area contributed by atoms with E-state index >= 15 is 0 Å². The number of benzene rings is 1. The second-order valence-corrected chi connectivity index (χ2v) is 6.43. The van der Waals surface area contributed by atoms with Gasteiger partial charge in [-0.3, -0.25) is 4.79 Å². The second-order valence-electron chi connectivity index (χ2n) is 6.43. The molecule has 0 atom stereocenters. The van der Waals surface area contributed by atoms with Crippen molar-refractivity contribution >= 4 is 41.9 Å². The highest BCUT2D eigenvalue weighted by Crippen LogP contribution is 2.04. The van der Waals surface area contributed by atoms with E-state index in [4.69, 9.17) is 4.74 Å². The third-order valence-electron chi connectivity index (χ3n) is 4.39. The molecule has 2 N–H and O–H groups in total. The molecule has 1 saturated heterocycles. The molecular formula is C20H32IN5O3. The lowest BCUT2D eigenvalue weighted by Crippen LogP contribution is -2.54. The number of guanidine groups is 1. The van der Waals surface area contributed by atoms with Gasteiger partial charge in [0.2, 0.25) is 5.91 Å². The summed E-state index contributed by atoms with van der Waals surface area (Å²) >= 11 is 0. The molecule has 0 spiro atoms. The summed E-state index contributed by atoms with van der Waals surface area (Å²) in [6.45, 7) is 8.01. The zero-order valence-electron chi connectivity index (χ0n) is 17.2. The van der Waals surface area contributed by atoms with Crippen molar-refractivity contribution in [1.82, 2.24) is 20.4 Å². The molecule has 29 heavy (non-hydrogen) atoms. The Bertz CT molecular complexity index is 649. The molecule has 2 rings (SSSR count). The molecule has 0 bridgehead atoms. The maximum atomic E-state index is 12.1. The lowest BCUT2D eigenvalue weighted by molar-refractivity contribution is -0.119. The molecule has 1 aliphatic heterocycles. The van der Waals surface area contributed by atoms with Crippen LogP contribution in [0, 0.1) is 0 Å². The summed E-state index contributed by atoms with van der Waals surface area (Å²) in [4.78, 5) is 32.1. The van der Waals surface area contributed by atoms with E-state index in [0.29, 0.717) is 51.8 Å². The monoisotopic (exact) mass is 517 g/mol. The Kier molecular flexibility index (Phi) is 12.1. The van der Waals surface area contributed by atoms with Gasteiger partial charge < -0.3 is 25.2 Å². The summed E-state index contributed by atoms with van der Waals surface area (Å²) in [6, 6.07) is 10.1. The van der Waals surface area contributed by atoms with Crippen molar-refractivity contribution in [3.05, 3.63) is 35.9 Å². The van der Waals surface area contributed by atoms with E-state index in [1.165, 1.54) is 5.56 Å². The van der Waals surface area contributed by atoms with Crippen LogP contribution < -0.4 is 10.6 Å². The van der Waals surface area contributed by atoms with Crippen LogP contribution in [0.1, 0.15) is 19.4 Å². The minimum atomic E-state index is -0.276. The van der Waals surface area contributed by atoms with Crippen LogP contribution in [0.15, 0.2) is 35.3 Å². The van der Waals surface area contributed by atoms with Gasteiger partial charge in [0.15, 0.2) is 5.96 Å². The van der Waals surface area contributed by atoms with Crippen molar-refractivity contribution < 1.29 is 14.3 Å². The number of amides is 2. The summed E-state index contributed by atoms with van der Waals surface area (Å²) < 4.78 is 5.04. The number of piperazine rings is 1. The van der Waals surface area contributed by atoms with Crippen molar-refractivity contribution in [2.45, 2.75) is 20.3 Å². The van der Waals surface area contributed by atoms with Crippen molar-refractivity contribution in [3.8, 4) is 0 Å². The van der Waals surface area contributed by atoms with Crippen LogP contribution >= 0.6 is 24.0 Å². The number of hydrogen-bond acceptors (Lipinski definition) is 4. The van der Waals surface area contributed by atoms with E-state index in [1.54, 1.807) is 11.8 Å². The highest BCUT2D eigenvalue weighted by Gasteiger charge is 2.23. The topological polar surface area (TPSA) is 86.3 Å². The molecular weight excluding hydrogens is 485 g/mol. The third-order valence-corrected chi connectivity index (χ3v) is 4.39. The van der Waals surface area contributed by atoms with Crippen LogP contribution in [0.4, 0.5) is 4.79 Å². The van der Waals surface area contributed by atoms with E-state index in [0.717, 1.165) is 6.42 Å². The number of hydrogen-bond donors (Lipinski definition) is 2. The average Bonchev–Trinajstić information content (AvgIpc) is 2.72. The highest BCUT2D eigenvalue weighted by atomic mass is 127. The fourth-order valence-electron chi connectivity index (χ4n) is 2.93. The Morgan fingerprint density at radius 2 is 1.69 bits per heavy atom. The Balaban J connectivity index is 0.00000420. The molecule has 1 fully saturated rings. The number of ether oxygens (including phenoxy) is 1. The summed E-state index contributed by atoms with van der Waals surface area (Å²) in [5.74, 6) is 0.598. The van der Waals surface area contributed by atoms with Gasteiger partial charge in [-0.25, -0.2) is 9.79 Å². The molecule has 1 aromatic carbocycles. The van der Waals surface area contributed by atoms with Crippen molar-refractivity contribution in [1.29, 1.82) is 0 Å². The number of carbonyl (C=O) groups is 2. The van der Waals surface area contributed by atoms with Crippen molar-refractivity contribution in [2.75, 3.05) is 52.4 Å². The SMILES string of the molecule is CCNC(=NCC(=O)NCCc1ccccc1)N1CCN(C(=O)OCC)CC1.I. The number of halogens is 1. The van der Waals surface area contributed by atoms with Gasteiger partial charge >= 0.3 is 6.09 Å². The first-order valence-corrected chi connectivity index (χ1v) is 9.89. The predicted molar refractivity (Wildman–Crippen MR) is 125 cm³/mol. The van der Waals surface area contributed by atoms with Crippen molar-refractivity contribution in [2.24, 2.45) is 4.99 Å². The standard InChI is InChI=1S/C20H31N5O3.HI/c1-3-21-19(24-12-14-25(15-13-24)20(27)28-4-2)23-16-18(26)22-11-10-17-8-6-5-7-9-17;/h5-9H,3-4,10-16H2,1-2H3,(H,21,23)(H,22,26);1H. The second kappa shape index (κ2) is 14.0. The largest absolute Gasteiger partial charge is 0.450 e. The smallest absolute Gasteiger partial charge is 0.409 e. The van der Waals surface area contributed by atoms with Crippen LogP contribution in [0.5, 0.6) is 0 Å². The van der Waals surface area contributed by atoms with Gasteiger partial charge in [0.1, 0.15) is 6.54 Å². The molecule has 1 aliphatic rings. The highest BCUT2D eigenvalue weighted by molar-refractivity contribution is 14.0. The van der Waals surface area contributed by atoms with Gasteiger partial charge in [0.25, 0.3) is 0 Å². The van der Waals surface area contributed by atoms with Crippen LogP contribution in [0.3, 0.4) is 0 Å². The molecule has 162 valence electrons. The molecule has 1 heterocycles. The Morgan fingerprint density at radius 3 is 2.31 bits per heavy atom. The molecule has 0 radical (unpaired) electrons. The van der Waals surface area contributed by atoms with E-state index in [-0.39, 0.29) is 42.5 Å². The normalized spacial score (nSPS) is 14.1. The lowest BCUT2D eigenvalue weighted by atomic mass is 10.1. The molecule has 0 aliphatic carbocycles. The zero-order chi connectivity index (χ0) is 20.2. The summed E-state index contributed by atoms with van der Waals surface area (Å²) in [6.07, 6.45) is 0.522. The first kappa shape index (κ1) is 25.0. The maximum Gasteiger partial charge on any atom is 0.409 e. The van der Waals surface area contributed by atoms with E-state index in [2.05, 4.69) is 20.5 Å². The van der Waals surface area contributed by atoms with Crippen LogP contribution in [0.25, 0.3) is 0 Å². The number of rotatable bonds is 7. The van der Waals surface area contributed by atoms with E-state index < -0.39 is 0 Å². The number of aliphatic imine (C=N–C) groups is 1. The van der Waals surface area contributed by atoms with Gasteiger partial charge in [-0.15, -0.1) is 24.0 Å². The first-order chi connectivity index (χ1) is 13.6. The van der Waals surface area contributed by atoms with Gasteiger partial charge in [-0.05, 0) is 25.8 Å². The van der Waals surface area contributed by atoms with Crippen LogP contribution in [-0.2, 0) is 16.0 Å². The lowest BCUT2D eigenvalue weighted by Gasteiger charge is -2.35. The van der Waals surface area contributed by atoms with Gasteiger partial charge in [0.05, 0.1) is 6.61 Å². The van der Waals surface area contributed by atoms with Crippen molar-refractivity contribution in [3.63, 3.8) is 0 Å². The summed E-state index contributed by atoms with van der Waals surface area (Å²) in [5.41, 5.74) is 1.19. The molecule has 0 saturated carbocycles. The average molecular weight is 517 g/mol. The summed E-state index contributed by atoms with van der Waals surface area (Å²) in [5, 5.41) is 6.13. The van der Waals surface area contributed by atoms with Gasteiger partial charge in [-0.1, -0.05) is 30.3 Å². The molecule has 1 aromatic rings. The van der Waals surface area contributed by atoms with Gasteiger partial charge in [-0.2, -0.15) is 0 Å². The summed E-state index contributed by atoms with van der Waals surface area (Å²) in [7, 11) is 0. The maximum absolute atomic E-state index is 12.1. The molecule has 0 aromatic heterocycles. The van der Waals surface area contributed by atoms with E-state index in [9.17, 15) is 9.59 Å². The third kappa shape index (κ3) is 8.88. The molecule has 2 amide bonds. The Morgan fingerprint density at radius 1 is 1.03 bits per heavy atom. The first-order valence-electron chi connectivity index (χ1n) is 9.89. The fourth-order valence-corrected chi connectivity index (χ4v) is 2.93. The minimum Gasteiger partial charge on any atom is -0.450 e.